The molecule has 1 fully saturated rings. The molecule has 1 saturated heterocycles. The van der Waals surface area contributed by atoms with Crippen LogP contribution in [0.5, 0.6) is 5.75 Å². The summed E-state index contributed by atoms with van der Waals surface area (Å²) in [5.74, 6) is 1.65. The molecule has 2 aromatic rings. The molecule has 2 amide bonds. The van der Waals surface area contributed by atoms with Gasteiger partial charge in [-0.1, -0.05) is 24.3 Å². The number of nitrogens with one attached hydrogen (secondary N) is 3. The third kappa shape index (κ3) is 6.64. The molecule has 2 aromatic carbocycles. The number of aliphatic imine (C=N–C) groups is 1. The molecular formula is C24H33N5O2. The number of carbonyl (C=O) groups is 1. The first kappa shape index (κ1) is 22.5. The van der Waals surface area contributed by atoms with Gasteiger partial charge < -0.3 is 25.6 Å². The molecule has 7 heteroatoms. The Labute approximate surface area is 184 Å². The lowest BCUT2D eigenvalue weighted by Crippen LogP contribution is -2.37. The molecule has 7 nitrogen and oxygen atoms in total. The number of likely N-dealkylation sites (tertiary alicyclic amines) is 1. The number of carbonyl (C=O) groups excluding carboxylic acids is 1. The quantitative estimate of drug-likeness (QED) is 0.470. The molecule has 1 aliphatic rings. The monoisotopic (exact) mass is 423 g/mol. The number of benzene rings is 2. The number of guanidine groups is 1. The number of nitrogens with zero attached hydrogens (tertiary/aromatic N) is 2. The average Bonchev–Trinajstić information content (AvgIpc) is 3.32. The van der Waals surface area contributed by atoms with Gasteiger partial charge in [-0.25, -0.2) is 4.79 Å². The van der Waals surface area contributed by atoms with E-state index in [9.17, 15) is 4.79 Å². The highest BCUT2D eigenvalue weighted by Gasteiger charge is 2.17. The summed E-state index contributed by atoms with van der Waals surface area (Å²) >= 11 is 0. The topological polar surface area (TPSA) is 78.0 Å². The molecule has 31 heavy (non-hydrogen) atoms. The first-order chi connectivity index (χ1) is 15.1. The first-order valence-corrected chi connectivity index (χ1v) is 10.8. The van der Waals surface area contributed by atoms with Crippen molar-refractivity contribution >= 4 is 17.7 Å². The van der Waals surface area contributed by atoms with Crippen LogP contribution in [0.4, 0.5) is 10.5 Å². The highest BCUT2D eigenvalue weighted by atomic mass is 16.5. The van der Waals surface area contributed by atoms with Crippen molar-refractivity contribution in [1.29, 1.82) is 0 Å². The molecule has 3 N–H and O–H groups in total. The summed E-state index contributed by atoms with van der Waals surface area (Å²) in [5.41, 5.74) is 4.24. The van der Waals surface area contributed by atoms with E-state index in [4.69, 9.17) is 4.74 Å². The van der Waals surface area contributed by atoms with E-state index in [1.807, 2.05) is 36.1 Å². The van der Waals surface area contributed by atoms with Gasteiger partial charge in [-0.15, -0.1) is 0 Å². The van der Waals surface area contributed by atoms with Gasteiger partial charge in [-0.3, -0.25) is 4.99 Å². The van der Waals surface area contributed by atoms with E-state index in [1.54, 1.807) is 14.2 Å². The Morgan fingerprint density at radius 1 is 1.10 bits per heavy atom. The number of amides is 2. The highest BCUT2D eigenvalue weighted by molar-refractivity contribution is 5.89. The van der Waals surface area contributed by atoms with Crippen molar-refractivity contribution in [3.8, 4) is 5.75 Å². The maximum Gasteiger partial charge on any atom is 0.321 e. The summed E-state index contributed by atoms with van der Waals surface area (Å²) in [6.07, 6.45) is 3.04. The van der Waals surface area contributed by atoms with E-state index in [1.165, 1.54) is 5.56 Å². The van der Waals surface area contributed by atoms with Gasteiger partial charge in [-0.05, 0) is 61.1 Å². The molecule has 0 bridgehead atoms. The van der Waals surface area contributed by atoms with E-state index < -0.39 is 0 Å². The molecule has 3 rings (SSSR count). The smallest absolute Gasteiger partial charge is 0.321 e. The van der Waals surface area contributed by atoms with Gasteiger partial charge in [0.15, 0.2) is 5.96 Å². The molecule has 0 saturated carbocycles. The number of hydrogen-bond donors (Lipinski definition) is 3. The number of aryl methyl sites for hydroxylation is 1. The van der Waals surface area contributed by atoms with Crippen molar-refractivity contribution in [3.63, 3.8) is 0 Å². The summed E-state index contributed by atoms with van der Waals surface area (Å²) in [6, 6.07) is 14.2. The molecule has 166 valence electrons. The van der Waals surface area contributed by atoms with Crippen LogP contribution in [0, 0.1) is 6.92 Å². The first-order valence-electron chi connectivity index (χ1n) is 10.8. The molecule has 1 heterocycles. The van der Waals surface area contributed by atoms with Gasteiger partial charge in [0.1, 0.15) is 5.75 Å². The van der Waals surface area contributed by atoms with Crippen molar-refractivity contribution in [1.82, 2.24) is 15.5 Å². The summed E-state index contributed by atoms with van der Waals surface area (Å²) in [6.45, 7) is 5.09. The lowest BCUT2D eigenvalue weighted by molar-refractivity contribution is 0.222. The summed E-state index contributed by atoms with van der Waals surface area (Å²) in [5, 5.41) is 9.67. The third-order valence-electron chi connectivity index (χ3n) is 5.43. The van der Waals surface area contributed by atoms with Crippen LogP contribution in [0.25, 0.3) is 0 Å². The molecule has 0 unspecified atom stereocenters. The van der Waals surface area contributed by atoms with Crippen LogP contribution in [0.3, 0.4) is 0 Å². The Morgan fingerprint density at radius 2 is 1.90 bits per heavy atom. The number of methoxy groups -OCH3 is 1. The minimum Gasteiger partial charge on any atom is -0.496 e. The zero-order chi connectivity index (χ0) is 22.1. The summed E-state index contributed by atoms with van der Waals surface area (Å²) in [4.78, 5) is 18.5. The van der Waals surface area contributed by atoms with Crippen molar-refractivity contribution < 1.29 is 9.53 Å². The van der Waals surface area contributed by atoms with Gasteiger partial charge >= 0.3 is 6.03 Å². The summed E-state index contributed by atoms with van der Waals surface area (Å²) < 4.78 is 5.40. The third-order valence-corrected chi connectivity index (χ3v) is 5.43. The van der Waals surface area contributed by atoms with E-state index in [2.05, 4.69) is 39.1 Å². The van der Waals surface area contributed by atoms with E-state index in [-0.39, 0.29) is 6.03 Å². The maximum absolute atomic E-state index is 12.3. The van der Waals surface area contributed by atoms with Crippen LogP contribution in [0.15, 0.2) is 47.5 Å². The Bertz CT molecular complexity index is 907. The Morgan fingerprint density at radius 3 is 2.65 bits per heavy atom. The zero-order valence-corrected chi connectivity index (χ0v) is 18.7. The van der Waals surface area contributed by atoms with Crippen LogP contribution in [0.2, 0.25) is 0 Å². The van der Waals surface area contributed by atoms with Crippen LogP contribution in [0.1, 0.15) is 29.5 Å². The minimum atomic E-state index is -0.0205. The second-order valence-corrected chi connectivity index (χ2v) is 7.73. The Hall–Kier alpha value is -3.22. The number of ether oxygens (including phenoxy) is 1. The van der Waals surface area contributed by atoms with Crippen LogP contribution in [-0.4, -0.2) is 50.7 Å². The highest BCUT2D eigenvalue weighted by Crippen LogP contribution is 2.19. The zero-order valence-electron chi connectivity index (χ0n) is 18.7. The van der Waals surface area contributed by atoms with Gasteiger partial charge in [0.25, 0.3) is 0 Å². The van der Waals surface area contributed by atoms with E-state index in [0.29, 0.717) is 6.54 Å². The van der Waals surface area contributed by atoms with Gasteiger partial charge in [0.2, 0.25) is 0 Å². The minimum absolute atomic E-state index is 0.0205. The number of anilines is 1. The fraction of sp³-hybridized carbons (Fsp3) is 0.417. The van der Waals surface area contributed by atoms with Crippen molar-refractivity contribution in [2.45, 2.75) is 32.7 Å². The van der Waals surface area contributed by atoms with Crippen LogP contribution in [-0.2, 0) is 13.0 Å². The maximum atomic E-state index is 12.3. The predicted molar refractivity (Wildman–Crippen MR) is 126 cm³/mol. The molecule has 0 aliphatic carbocycles. The molecule has 0 spiro atoms. The Balaban J connectivity index is 1.46. The molecular weight excluding hydrogens is 390 g/mol. The Kier molecular flexibility index (Phi) is 8.15. The number of urea groups is 1. The van der Waals surface area contributed by atoms with Gasteiger partial charge in [0.05, 0.1) is 7.11 Å². The van der Waals surface area contributed by atoms with Crippen LogP contribution < -0.4 is 20.7 Å². The normalized spacial score (nSPS) is 13.8. The molecule has 0 atom stereocenters. The van der Waals surface area contributed by atoms with Crippen molar-refractivity contribution in [3.05, 3.63) is 59.2 Å². The second-order valence-electron chi connectivity index (χ2n) is 7.73. The fourth-order valence-corrected chi connectivity index (χ4v) is 3.63. The lowest BCUT2D eigenvalue weighted by Gasteiger charge is -2.17. The van der Waals surface area contributed by atoms with Gasteiger partial charge in [0, 0.05) is 38.9 Å². The lowest BCUT2D eigenvalue weighted by atomic mass is 10.1. The predicted octanol–water partition coefficient (Wildman–Crippen LogP) is 3.54. The SMILES string of the molecule is CN=C(NCCc1ccc(C)c(OC)c1)NCc1cccc(NC(=O)N2CCCC2)c1. The largest absolute Gasteiger partial charge is 0.496 e. The fourth-order valence-electron chi connectivity index (χ4n) is 3.63. The number of rotatable bonds is 7. The summed E-state index contributed by atoms with van der Waals surface area (Å²) in [7, 11) is 3.46. The molecule has 1 aliphatic heterocycles. The molecule has 0 radical (unpaired) electrons. The van der Waals surface area contributed by atoms with Crippen LogP contribution >= 0.6 is 0 Å². The molecule has 0 aromatic heterocycles. The standard InChI is InChI=1S/C24H33N5O2/c1-18-9-10-19(16-22(18)31-3)11-12-26-23(25-2)27-17-20-7-6-8-21(15-20)28-24(30)29-13-4-5-14-29/h6-10,15-16H,4-5,11-14,17H2,1-3H3,(H,28,30)(H2,25,26,27). The van der Waals surface area contributed by atoms with Gasteiger partial charge in [-0.2, -0.15) is 0 Å². The average molecular weight is 424 g/mol. The van der Waals surface area contributed by atoms with Crippen molar-refractivity contribution in [2.24, 2.45) is 4.99 Å². The van der Waals surface area contributed by atoms with Crippen molar-refractivity contribution in [2.75, 3.05) is 39.1 Å². The van der Waals surface area contributed by atoms with E-state index >= 15 is 0 Å². The number of hydrogen-bond acceptors (Lipinski definition) is 3. The van der Waals surface area contributed by atoms with E-state index in [0.717, 1.165) is 67.4 Å². The second kappa shape index (κ2) is 11.2.